The van der Waals surface area contributed by atoms with E-state index in [1.165, 1.54) is 54.6 Å². The minimum absolute atomic E-state index is 0.0000554. The second kappa shape index (κ2) is 25.1. The number of nitrogens with one attached hydrogen (secondary N) is 4. The number of Topliss-reactive ketones (excluding diaryl/α,β-unsaturated/α-hetero) is 2. The highest BCUT2D eigenvalue weighted by molar-refractivity contribution is 6.37. The van der Waals surface area contributed by atoms with Crippen molar-refractivity contribution in [1.82, 2.24) is 0 Å². The summed E-state index contributed by atoms with van der Waals surface area (Å²) in [5.74, 6) is -3.41. The number of amides is 4. The van der Waals surface area contributed by atoms with Crippen molar-refractivity contribution in [2.75, 3.05) is 34.5 Å². The fraction of sp³-hybridized carbons (Fsp3) is 0.234. The number of hydrogen-bond acceptors (Lipinski definition) is 12. The molecule has 5 aromatic carbocycles. The van der Waals surface area contributed by atoms with Crippen LogP contribution < -0.4 is 30.7 Å². The lowest BCUT2D eigenvalue weighted by atomic mass is 10.1. The average Bonchev–Trinajstić information content (AvgIpc) is 3.31. The van der Waals surface area contributed by atoms with E-state index >= 15 is 0 Å². The Labute approximate surface area is 416 Å². The number of para-hydroxylation sites is 2. The first-order valence-corrected chi connectivity index (χ1v) is 23.0. The lowest BCUT2D eigenvalue weighted by Gasteiger charge is -2.16. The van der Waals surface area contributed by atoms with Gasteiger partial charge in [0, 0.05) is 29.0 Å². The molecule has 0 aliphatic rings. The molecule has 16 nitrogen and oxygen atoms in total. The Morgan fingerprint density at radius 3 is 1.38 bits per heavy atom. The number of halogens is 5. The average molecular weight is 1030 g/mol. The SMILES string of the molecule is CCOc1cccc(CCl)c1NC(=O)c1cccc(N=NC(C(C)=O)C(=O)Nc2ccc(NC(=O)C(N=Nc3cccc(C(=O)Nc4c(CCl)cccc4OCC)c3Cl)C(C)=O)c(CCl)c2)c1Cl. The van der Waals surface area contributed by atoms with E-state index in [0.29, 0.717) is 52.8 Å². The van der Waals surface area contributed by atoms with Crippen LogP contribution in [0.15, 0.2) is 111 Å². The van der Waals surface area contributed by atoms with Crippen molar-refractivity contribution in [3.63, 3.8) is 0 Å². The summed E-state index contributed by atoms with van der Waals surface area (Å²) in [6, 6.07) is 20.2. The summed E-state index contributed by atoms with van der Waals surface area (Å²) in [6.07, 6.45) is 0. The van der Waals surface area contributed by atoms with E-state index < -0.39 is 47.3 Å². The number of ether oxygens (including phenoxy) is 2. The van der Waals surface area contributed by atoms with E-state index in [-0.39, 0.29) is 61.6 Å². The number of alkyl halides is 3. The number of azo groups is 2. The van der Waals surface area contributed by atoms with E-state index in [9.17, 15) is 28.8 Å². The Kier molecular flexibility index (Phi) is 19.4. The molecule has 0 heterocycles. The summed E-state index contributed by atoms with van der Waals surface area (Å²) in [5.41, 5.74) is 2.68. The summed E-state index contributed by atoms with van der Waals surface area (Å²) in [6.45, 7) is 6.58. The zero-order valence-corrected chi connectivity index (χ0v) is 40.6. The molecule has 5 aromatic rings. The van der Waals surface area contributed by atoms with Crippen molar-refractivity contribution in [2.24, 2.45) is 20.5 Å². The van der Waals surface area contributed by atoms with Crippen molar-refractivity contribution in [2.45, 2.75) is 57.4 Å². The third kappa shape index (κ3) is 13.2. The van der Waals surface area contributed by atoms with Gasteiger partial charge in [0.25, 0.3) is 23.6 Å². The smallest absolute Gasteiger partial charge is 0.258 e. The highest BCUT2D eigenvalue weighted by Crippen LogP contribution is 2.36. The van der Waals surface area contributed by atoms with E-state index in [4.69, 9.17) is 67.5 Å². The highest BCUT2D eigenvalue weighted by atomic mass is 35.5. The van der Waals surface area contributed by atoms with Gasteiger partial charge in [-0.05, 0) is 99.0 Å². The number of nitrogens with zero attached hydrogens (tertiary/aromatic N) is 4. The Hall–Kier alpha value is -6.43. The molecule has 21 heteroatoms. The van der Waals surface area contributed by atoms with E-state index in [1.807, 2.05) is 0 Å². The first kappa shape index (κ1) is 52.5. The first-order valence-electron chi connectivity index (χ1n) is 20.6. The fourth-order valence-corrected chi connectivity index (χ4v) is 7.48. The number of hydrogen-bond donors (Lipinski definition) is 4. The van der Waals surface area contributed by atoms with Crippen molar-refractivity contribution < 1.29 is 38.2 Å². The molecule has 0 aliphatic heterocycles. The summed E-state index contributed by atoms with van der Waals surface area (Å²) < 4.78 is 11.3. The highest BCUT2D eigenvalue weighted by Gasteiger charge is 2.27. The van der Waals surface area contributed by atoms with Crippen LogP contribution in [0.1, 0.15) is 65.1 Å². The fourth-order valence-electron chi connectivity index (χ4n) is 6.31. The minimum atomic E-state index is -1.65. The van der Waals surface area contributed by atoms with Crippen LogP contribution in [-0.4, -0.2) is 60.5 Å². The lowest BCUT2D eigenvalue weighted by molar-refractivity contribution is -0.127. The molecule has 4 amide bonds. The Balaban J connectivity index is 1.28. The zero-order valence-electron chi connectivity index (χ0n) is 36.8. The molecule has 0 radical (unpaired) electrons. The third-order valence-electron chi connectivity index (χ3n) is 9.64. The third-order valence-corrected chi connectivity index (χ3v) is 11.3. The van der Waals surface area contributed by atoms with Gasteiger partial charge in [-0.2, -0.15) is 20.5 Å². The number of ketones is 2. The van der Waals surface area contributed by atoms with Gasteiger partial charge in [0.2, 0.25) is 12.1 Å². The van der Waals surface area contributed by atoms with Crippen LogP contribution in [-0.2, 0) is 36.8 Å². The van der Waals surface area contributed by atoms with E-state index in [2.05, 4.69) is 41.7 Å². The van der Waals surface area contributed by atoms with Gasteiger partial charge in [0.15, 0.2) is 11.6 Å². The molecule has 2 unspecified atom stereocenters. The maximum atomic E-state index is 13.5. The second-order valence-electron chi connectivity index (χ2n) is 14.3. The Morgan fingerprint density at radius 2 is 0.971 bits per heavy atom. The van der Waals surface area contributed by atoms with E-state index in [0.717, 1.165) is 13.8 Å². The lowest BCUT2D eigenvalue weighted by Crippen LogP contribution is -2.32. The molecule has 2 atom stereocenters. The number of anilines is 4. The van der Waals surface area contributed by atoms with Gasteiger partial charge in [0.05, 0.1) is 45.8 Å². The number of carbonyl (C=O) groups excluding carboxylic acids is 6. The Morgan fingerprint density at radius 1 is 0.544 bits per heavy atom. The molecule has 4 N–H and O–H groups in total. The number of benzene rings is 5. The number of carbonyl (C=O) groups is 6. The van der Waals surface area contributed by atoms with Gasteiger partial charge in [0.1, 0.15) is 22.9 Å². The molecule has 0 aromatic heterocycles. The van der Waals surface area contributed by atoms with Crippen LogP contribution in [0.4, 0.5) is 34.1 Å². The maximum Gasteiger partial charge on any atom is 0.258 e. The molecule has 0 bridgehead atoms. The van der Waals surface area contributed by atoms with Crippen LogP contribution in [0.3, 0.4) is 0 Å². The van der Waals surface area contributed by atoms with Crippen LogP contribution in [0, 0.1) is 0 Å². The molecular formula is C47H43Cl5N8O8. The van der Waals surface area contributed by atoms with Gasteiger partial charge in [-0.1, -0.05) is 59.6 Å². The zero-order chi connectivity index (χ0) is 49.5. The molecule has 5 rings (SSSR count). The second-order valence-corrected chi connectivity index (χ2v) is 15.9. The molecule has 68 heavy (non-hydrogen) atoms. The summed E-state index contributed by atoms with van der Waals surface area (Å²) >= 11 is 31.7. The molecule has 0 fully saturated rings. The van der Waals surface area contributed by atoms with Crippen molar-refractivity contribution in [1.29, 1.82) is 0 Å². The molecule has 0 saturated carbocycles. The van der Waals surface area contributed by atoms with Crippen LogP contribution in [0.5, 0.6) is 11.5 Å². The molecule has 354 valence electrons. The number of rotatable bonds is 21. The van der Waals surface area contributed by atoms with Gasteiger partial charge < -0.3 is 30.7 Å². The van der Waals surface area contributed by atoms with E-state index in [1.54, 1.807) is 50.2 Å². The predicted octanol–water partition coefficient (Wildman–Crippen LogP) is 11.9. The maximum absolute atomic E-state index is 13.5. The van der Waals surface area contributed by atoms with Crippen LogP contribution in [0.25, 0.3) is 0 Å². The standard InChI is InChI=1S/C47H43Cl5N8O8/c1-5-67-36-17-7-11-27(22-48)42(36)55-44(63)31-13-9-15-34(38(31)51)57-59-40(25(3)61)46(65)53-30-19-20-33(29(21-30)24-50)54-47(66)41(26(4)62)60-58-35-16-10-14-32(39(35)52)45(64)56-43-28(23-49)12-8-18-37(43)68-6-2/h7-21,40-41H,5-6,22-24H2,1-4H3,(H,53,65)(H,54,66)(H,55,63)(H,56,64). The monoisotopic (exact) mass is 1020 g/mol. The summed E-state index contributed by atoms with van der Waals surface area (Å²) in [4.78, 5) is 79.1. The first-order chi connectivity index (χ1) is 32.6. The van der Waals surface area contributed by atoms with Crippen molar-refractivity contribution >= 4 is 127 Å². The quantitative estimate of drug-likeness (QED) is 0.0314. The molecule has 0 aliphatic carbocycles. The summed E-state index contributed by atoms with van der Waals surface area (Å²) in [5, 5.41) is 26.6. The van der Waals surface area contributed by atoms with Gasteiger partial charge >= 0.3 is 0 Å². The van der Waals surface area contributed by atoms with Crippen LogP contribution in [0.2, 0.25) is 10.0 Å². The largest absolute Gasteiger partial charge is 0.492 e. The van der Waals surface area contributed by atoms with Gasteiger partial charge in [-0.15, -0.1) is 34.8 Å². The topological polar surface area (TPSA) is 218 Å². The minimum Gasteiger partial charge on any atom is -0.492 e. The van der Waals surface area contributed by atoms with Crippen molar-refractivity contribution in [3.05, 3.63) is 129 Å². The van der Waals surface area contributed by atoms with Gasteiger partial charge in [-0.3, -0.25) is 28.8 Å². The predicted molar refractivity (Wildman–Crippen MR) is 264 cm³/mol. The van der Waals surface area contributed by atoms with Crippen LogP contribution >= 0.6 is 58.0 Å². The van der Waals surface area contributed by atoms with Gasteiger partial charge in [-0.25, -0.2) is 0 Å². The summed E-state index contributed by atoms with van der Waals surface area (Å²) in [7, 11) is 0. The Bertz CT molecular complexity index is 2790. The van der Waals surface area contributed by atoms with Crippen molar-refractivity contribution in [3.8, 4) is 11.5 Å². The molecular weight excluding hydrogens is 982 g/mol. The molecule has 0 saturated heterocycles. The molecule has 0 spiro atoms. The normalized spacial score (nSPS) is 12.0.